The average molecular weight is 490 g/mol. The number of hydrogen-bond acceptors (Lipinski definition) is 7. The lowest BCUT2D eigenvalue weighted by Crippen LogP contribution is -2.52. The lowest BCUT2D eigenvalue weighted by molar-refractivity contribution is -0.150. The van der Waals surface area contributed by atoms with Crippen LogP contribution in [0, 0.1) is 17.6 Å². The molecule has 0 radical (unpaired) electrons. The highest BCUT2D eigenvalue weighted by Crippen LogP contribution is 2.35. The number of halogens is 2. The van der Waals surface area contributed by atoms with E-state index < -0.39 is 47.6 Å². The molecule has 2 aromatic rings. The van der Waals surface area contributed by atoms with E-state index in [2.05, 4.69) is 22.7 Å². The first-order chi connectivity index (χ1) is 16.7. The van der Waals surface area contributed by atoms with Crippen molar-refractivity contribution in [3.8, 4) is 11.3 Å². The molecule has 0 bridgehead atoms. The Kier molecular flexibility index (Phi) is 6.81. The standard InChI is InChI=1S/C23H24F2N4O6/c1-13-6-8-23(9-7-13)21(32)29(22(33)27-23)28-18(30)12-34-20(31)5-4-19-26-11-17(35-19)15-3-2-14(24)10-16(15)25/h2-3,10-11,13H,4-9,12H2,1H3,(H,27,33)(H,28,30). The summed E-state index contributed by atoms with van der Waals surface area (Å²) in [7, 11) is 0. The lowest BCUT2D eigenvalue weighted by Gasteiger charge is -2.33. The molecule has 12 heteroatoms. The molecule has 1 spiro atoms. The van der Waals surface area contributed by atoms with Gasteiger partial charge in [0.1, 0.15) is 17.2 Å². The Hall–Kier alpha value is -3.83. The van der Waals surface area contributed by atoms with Gasteiger partial charge in [0.15, 0.2) is 18.3 Å². The van der Waals surface area contributed by atoms with E-state index in [0.717, 1.165) is 18.9 Å². The summed E-state index contributed by atoms with van der Waals surface area (Å²) < 4.78 is 37.2. The van der Waals surface area contributed by atoms with Crippen molar-refractivity contribution in [3.05, 3.63) is 41.9 Å². The van der Waals surface area contributed by atoms with E-state index in [1.165, 1.54) is 12.3 Å². The highest BCUT2D eigenvalue weighted by atomic mass is 19.1. The number of hydrogen-bond donors (Lipinski definition) is 2. The number of carbonyl (C=O) groups excluding carboxylic acids is 4. The van der Waals surface area contributed by atoms with Crippen molar-refractivity contribution in [1.29, 1.82) is 0 Å². The number of benzene rings is 1. The van der Waals surface area contributed by atoms with E-state index in [4.69, 9.17) is 9.15 Å². The fraction of sp³-hybridized carbons (Fsp3) is 0.435. The number of amides is 4. The molecule has 35 heavy (non-hydrogen) atoms. The maximum Gasteiger partial charge on any atom is 0.344 e. The van der Waals surface area contributed by atoms with Gasteiger partial charge in [-0.05, 0) is 43.7 Å². The largest absolute Gasteiger partial charge is 0.455 e. The van der Waals surface area contributed by atoms with Crippen LogP contribution >= 0.6 is 0 Å². The molecule has 0 atom stereocenters. The van der Waals surface area contributed by atoms with Crippen molar-refractivity contribution >= 4 is 23.8 Å². The minimum atomic E-state index is -1.00. The van der Waals surface area contributed by atoms with Gasteiger partial charge in [-0.3, -0.25) is 19.8 Å². The molecule has 0 unspecified atom stereocenters. The quantitative estimate of drug-likeness (QED) is 0.451. The van der Waals surface area contributed by atoms with Crippen molar-refractivity contribution in [2.75, 3.05) is 6.61 Å². The Labute approximate surface area is 199 Å². The molecule has 1 aromatic carbocycles. The Morgan fingerprint density at radius 1 is 1.29 bits per heavy atom. The number of aryl methyl sites for hydroxylation is 1. The van der Waals surface area contributed by atoms with E-state index >= 15 is 0 Å². The van der Waals surface area contributed by atoms with Crippen LogP contribution in [-0.4, -0.2) is 46.0 Å². The second kappa shape index (κ2) is 9.80. The molecule has 2 heterocycles. The third-order valence-electron chi connectivity index (χ3n) is 6.18. The molecule has 2 fully saturated rings. The first kappa shape index (κ1) is 24.3. The average Bonchev–Trinajstić information content (AvgIpc) is 3.37. The normalized spacial score (nSPS) is 21.8. The molecule has 186 valence electrons. The second-order valence-electron chi connectivity index (χ2n) is 8.77. The smallest absolute Gasteiger partial charge is 0.344 e. The molecule has 1 saturated carbocycles. The number of urea groups is 1. The van der Waals surface area contributed by atoms with Crippen LogP contribution in [-0.2, 0) is 25.5 Å². The maximum atomic E-state index is 13.9. The van der Waals surface area contributed by atoms with Crippen molar-refractivity contribution < 1.29 is 37.1 Å². The number of nitrogens with zero attached hydrogens (tertiary/aromatic N) is 2. The number of carbonyl (C=O) groups is 4. The molecule has 1 aromatic heterocycles. The maximum absolute atomic E-state index is 13.9. The molecule has 1 aliphatic heterocycles. The highest BCUT2D eigenvalue weighted by molar-refractivity contribution is 6.08. The number of ether oxygens (including phenoxy) is 1. The van der Waals surface area contributed by atoms with Gasteiger partial charge in [-0.15, -0.1) is 0 Å². The van der Waals surface area contributed by atoms with Gasteiger partial charge in [0.05, 0.1) is 18.2 Å². The molecular formula is C23H24F2N4O6. The van der Waals surface area contributed by atoms with Gasteiger partial charge in [-0.25, -0.2) is 18.6 Å². The first-order valence-electron chi connectivity index (χ1n) is 11.2. The summed E-state index contributed by atoms with van der Waals surface area (Å²) in [6.07, 6.45) is 3.64. The number of oxazole rings is 1. The second-order valence-corrected chi connectivity index (χ2v) is 8.77. The third kappa shape index (κ3) is 5.31. The van der Waals surface area contributed by atoms with Crippen LogP contribution in [0.2, 0.25) is 0 Å². The number of imide groups is 1. The predicted molar refractivity (Wildman–Crippen MR) is 115 cm³/mol. The van der Waals surface area contributed by atoms with Crippen LogP contribution in [0.5, 0.6) is 0 Å². The van der Waals surface area contributed by atoms with Crippen molar-refractivity contribution in [1.82, 2.24) is 20.7 Å². The van der Waals surface area contributed by atoms with E-state index in [0.29, 0.717) is 29.8 Å². The molecule has 10 nitrogen and oxygen atoms in total. The fourth-order valence-electron chi connectivity index (χ4n) is 4.14. The Balaban J connectivity index is 1.23. The van der Waals surface area contributed by atoms with Gasteiger partial charge < -0.3 is 14.5 Å². The topological polar surface area (TPSA) is 131 Å². The van der Waals surface area contributed by atoms with Crippen LogP contribution in [0.4, 0.5) is 13.6 Å². The van der Waals surface area contributed by atoms with Crippen molar-refractivity contribution in [3.63, 3.8) is 0 Å². The Morgan fingerprint density at radius 3 is 2.74 bits per heavy atom. The summed E-state index contributed by atoms with van der Waals surface area (Å²) >= 11 is 0. The van der Waals surface area contributed by atoms with Gasteiger partial charge in [-0.2, -0.15) is 5.01 Å². The minimum absolute atomic E-state index is 0.0111. The van der Waals surface area contributed by atoms with Gasteiger partial charge in [-0.1, -0.05) is 6.92 Å². The molecular weight excluding hydrogens is 466 g/mol. The van der Waals surface area contributed by atoms with Gasteiger partial charge in [0, 0.05) is 12.5 Å². The third-order valence-corrected chi connectivity index (χ3v) is 6.18. The summed E-state index contributed by atoms with van der Waals surface area (Å²) in [4.78, 5) is 53.1. The molecule has 4 rings (SSSR count). The summed E-state index contributed by atoms with van der Waals surface area (Å²) in [5.74, 6) is -2.99. The van der Waals surface area contributed by atoms with Crippen LogP contribution in [0.3, 0.4) is 0 Å². The van der Waals surface area contributed by atoms with Gasteiger partial charge in [0.25, 0.3) is 11.8 Å². The number of aromatic nitrogens is 1. The lowest BCUT2D eigenvalue weighted by atomic mass is 9.77. The van der Waals surface area contributed by atoms with Crippen LogP contribution < -0.4 is 10.7 Å². The van der Waals surface area contributed by atoms with E-state index in [-0.39, 0.29) is 30.1 Å². The number of hydrazine groups is 1. The van der Waals surface area contributed by atoms with Crippen LogP contribution in [0.15, 0.2) is 28.8 Å². The molecule has 1 aliphatic carbocycles. The number of rotatable bonds is 7. The van der Waals surface area contributed by atoms with E-state index in [1.807, 2.05) is 0 Å². The SMILES string of the molecule is CC1CCC2(CC1)NC(=O)N(NC(=O)COC(=O)CCc1ncc(-c3ccc(F)cc3F)o1)C2=O. The zero-order valence-corrected chi connectivity index (χ0v) is 18.9. The minimum Gasteiger partial charge on any atom is -0.455 e. The highest BCUT2D eigenvalue weighted by Gasteiger charge is 2.52. The molecule has 1 saturated heterocycles. The predicted octanol–water partition coefficient (Wildman–Crippen LogP) is 2.63. The van der Waals surface area contributed by atoms with Crippen LogP contribution in [0.25, 0.3) is 11.3 Å². The zero-order valence-electron chi connectivity index (χ0n) is 18.9. The summed E-state index contributed by atoms with van der Waals surface area (Å²) in [5, 5.41) is 3.31. The van der Waals surface area contributed by atoms with Gasteiger partial charge in [0.2, 0.25) is 0 Å². The molecule has 4 amide bonds. The van der Waals surface area contributed by atoms with E-state index in [1.54, 1.807) is 0 Å². The molecule has 2 N–H and O–H groups in total. The summed E-state index contributed by atoms with van der Waals surface area (Å²) in [6, 6.07) is 2.29. The Bertz CT molecular complexity index is 1160. The van der Waals surface area contributed by atoms with E-state index in [9.17, 15) is 28.0 Å². The van der Waals surface area contributed by atoms with Crippen LogP contribution in [0.1, 0.15) is 44.9 Å². The monoisotopic (exact) mass is 490 g/mol. The summed E-state index contributed by atoms with van der Waals surface area (Å²) in [6.45, 7) is 1.38. The number of nitrogens with one attached hydrogen (secondary N) is 2. The molecule has 2 aliphatic rings. The summed E-state index contributed by atoms with van der Waals surface area (Å²) in [5.41, 5.74) is 1.21. The fourth-order valence-corrected chi connectivity index (χ4v) is 4.14. The van der Waals surface area contributed by atoms with Crippen molar-refractivity contribution in [2.24, 2.45) is 5.92 Å². The van der Waals surface area contributed by atoms with Crippen molar-refractivity contribution in [2.45, 2.75) is 51.0 Å². The Morgan fingerprint density at radius 2 is 2.03 bits per heavy atom. The first-order valence-corrected chi connectivity index (χ1v) is 11.2. The van der Waals surface area contributed by atoms with Gasteiger partial charge >= 0.3 is 12.0 Å². The number of esters is 1. The zero-order chi connectivity index (χ0) is 25.2.